The highest BCUT2D eigenvalue weighted by atomic mass is 32.1. The van der Waals surface area contributed by atoms with Crippen LogP contribution in [-0.2, 0) is 6.42 Å². The third-order valence-electron chi connectivity index (χ3n) is 3.12. The van der Waals surface area contributed by atoms with Crippen LogP contribution in [0, 0.1) is 5.82 Å². The SMILES string of the molecule is C[C@H](O)c1cc(F)ccc1N(C)CCc1cccs1. The summed E-state index contributed by atoms with van der Waals surface area (Å²) in [5.41, 5.74) is 1.52. The predicted octanol–water partition coefficient (Wildman–Crippen LogP) is 3.62. The van der Waals surface area contributed by atoms with Crippen LogP contribution in [0.2, 0.25) is 0 Å². The fraction of sp³-hybridized carbons (Fsp3) is 0.333. The van der Waals surface area contributed by atoms with Crippen LogP contribution in [0.4, 0.5) is 10.1 Å². The first-order chi connectivity index (χ1) is 9.08. The Morgan fingerprint density at radius 1 is 1.37 bits per heavy atom. The summed E-state index contributed by atoms with van der Waals surface area (Å²) in [6.45, 7) is 2.50. The van der Waals surface area contributed by atoms with Crippen molar-refractivity contribution < 1.29 is 9.50 Å². The molecule has 0 saturated carbocycles. The van der Waals surface area contributed by atoms with E-state index in [-0.39, 0.29) is 5.82 Å². The molecule has 0 spiro atoms. The smallest absolute Gasteiger partial charge is 0.123 e. The van der Waals surface area contributed by atoms with Crippen molar-refractivity contribution in [2.24, 2.45) is 0 Å². The Balaban J connectivity index is 2.12. The highest BCUT2D eigenvalue weighted by Gasteiger charge is 2.12. The van der Waals surface area contributed by atoms with Gasteiger partial charge in [-0.1, -0.05) is 6.07 Å². The van der Waals surface area contributed by atoms with Gasteiger partial charge in [0.2, 0.25) is 0 Å². The maximum atomic E-state index is 13.3. The Morgan fingerprint density at radius 3 is 2.79 bits per heavy atom. The molecule has 2 aromatic rings. The van der Waals surface area contributed by atoms with Gasteiger partial charge in [0.15, 0.2) is 0 Å². The molecule has 0 radical (unpaired) electrons. The van der Waals surface area contributed by atoms with Crippen molar-refractivity contribution >= 4 is 17.0 Å². The molecular formula is C15H18FNOS. The van der Waals surface area contributed by atoms with Crippen molar-refractivity contribution in [3.8, 4) is 0 Å². The Hall–Kier alpha value is -1.39. The Labute approximate surface area is 117 Å². The number of aliphatic hydroxyl groups excluding tert-OH is 1. The average Bonchev–Trinajstić information content (AvgIpc) is 2.88. The van der Waals surface area contributed by atoms with E-state index in [1.807, 2.05) is 13.1 Å². The quantitative estimate of drug-likeness (QED) is 0.903. The molecule has 1 N–H and O–H groups in total. The molecule has 0 unspecified atom stereocenters. The van der Waals surface area contributed by atoms with Gasteiger partial charge in [-0.05, 0) is 43.0 Å². The normalized spacial score (nSPS) is 12.4. The lowest BCUT2D eigenvalue weighted by Crippen LogP contribution is -2.22. The van der Waals surface area contributed by atoms with Crippen molar-refractivity contribution in [1.29, 1.82) is 0 Å². The van der Waals surface area contributed by atoms with Crippen LogP contribution in [0.3, 0.4) is 0 Å². The van der Waals surface area contributed by atoms with E-state index < -0.39 is 6.10 Å². The Kier molecular flexibility index (Phi) is 4.56. The summed E-state index contributed by atoms with van der Waals surface area (Å²) in [5.74, 6) is -0.314. The van der Waals surface area contributed by atoms with Crippen molar-refractivity contribution in [3.05, 3.63) is 52.0 Å². The second kappa shape index (κ2) is 6.17. The highest BCUT2D eigenvalue weighted by molar-refractivity contribution is 7.09. The predicted molar refractivity (Wildman–Crippen MR) is 78.3 cm³/mol. The first-order valence-electron chi connectivity index (χ1n) is 6.29. The summed E-state index contributed by atoms with van der Waals surface area (Å²) in [6.07, 6.45) is 0.278. The minimum atomic E-state index is -0.671. The molecule has 0 bridgehead atoms. The van der Waals surface area contributed by atoms with E-state index in [1.54, 1.807) is 24.3 Å². The number of anilines is 1. The summed E-state index contributed by atoms with van der Waals surface area (Å²) in [6, 6.07) is 8.72. The van der Waals surface area contributed by atoms with Gasteiger partial charge in [-0.3, -0.25) is 0 Å². The lowest BCUT2D eigenvalue weighted by Gasteiger charge is -2.23. The Morgan fingerprint density at radius 2 is 2.16 bits per heavy atom. The van der Waals surface area contributed by atoms with Gasteiger partial charge in [-0.25, -0.2) is 4.39 Å². The molecule has 19 heavy (non-hydrogen) atoms. The minimum absolute atomic E-state index is 0.314. The molecule has 1 atom stereocenters. The second-order valence-corrected chi connectivity index (χ2v) is 5.66. The van der Waals surface area contributed by atoms with E-state index in [0.717, 1.165) is 18.7 Å². The maximum absolute atomic E-state index is 13.3. The van der Waals surface area contributed by atoms with Gasteiger partial charge in [0.05, 0.1) is 6.10 Å². The zero-order chi connectivity index (χ0) is 13.8. The lowest BCUT2D eigenvalue weighted by atomic mass is 10.1. The first-order valence-corrected chi connectivity index (χ1v) is 7.17. The van der Waals surface area contributed by atoms with Crippen LogP contribution in [0.15, 0.2) is 35.7 Å². The summed E-state index contributed by atoms with van der Waals surface area (Å²) in [4.78, 5) is 3.38. The van der Waals surface area contributed by atoms with Gasteiger partial charge in [0.25, 0.3) is 0 Å². The number of halogens is 1. The fourth-order valence-electron chi connectivity index (χ4n) is 2.06. The molecule has 0 aliphatic heterocycles. The summed E-state index contributed by atoms with van der Waals surface area (Å²) in [5, 5.41) is 11.8. The summed E-state index contributed by atoms with van der Waals surface area (Å²) in [7, 11) is 1.97. The highest BCUT2D eigenvalue weighted by Crippen LogP contribution is 2.26. The standard InChI is InChI=1S/C15H18FNOS/c1-11(18)14-10-12(16)5-6-15(14)17(2)8-7-13-4-3-9-19-13/h3-6,9-11,18H,7-8H2,1-2H3/t11-/m0/s1. The van der Waals surface area contributed by atoms with Crippen molar-refractivity contribution in [3.63, 3.8) is 0 Å². The van der Waals surface area contributed by atoms with E-state index in [2.05, 4.69) is 16.3 Å². The molecule has 0 aliphatic carbocycles. The van der Waals surface area contributed by atoms with E-state index in [9.17, 15) is 9.50 Å². The number of likely N-dealkylation sites (N-methyl/N-ethyl adjacent to an activating group) is 1. The zero-order valence-corrected chi connectivity index (χ0v) is 12.0. The maximum Gasteiger partial charge on any atom is 0.123 e. The van der Waals surface area contributed by atoms with Crippen molar-refractivity contribution in [1.82, 2.24) is 0 Å². The third-order valence-corrected chi connectivity index (χ3v) is 4.06. The number of aliphatic hydroxyl groups is 1. The van der Waals surface area contributed by atoms with E-state index in [1.165, 1.54) is 17.0 Å². The van der Waals surface area contributed by atoms with Gasteiger partial charge in [-0.15, -0.1) is 11.3 Å². The molecule has 0 saturated heterocycles. The molecule has 1 aromatic carbocycles. The van der Waals surface area contributed by atoms with Crippen LogP contribution in [0.5, 0.6) is 0 Å². The van der Waals surface area contributed by atoms with Gasteiger partial charge in [0, 0.05) is 29.7 Å². The van der Waals surface area contributed by atoms with Crippen molar-refractivity contribution in [2.45, 2.75) is 19.4 Å². The molecule has 0 fully saturated rings. The van der Waals surface area contributed by atoms with Crippen LogP contribution in [0.25, 0.3) is 0 Å². The van der Waals surface area contributed by atoms with Gasteiger partial charge >= 0.3 is 0 Å². The van der Waals surface area contributed by atoms with E-state index in [0.29, 0.717) is 5.56 Å². The Bertz CT molecular complexity index is 525. The summed E-state index contributed by atoms with van der Waals surface area (Å²) >= 11 is 1.74. The molecular weight excluding hydrogens is 261 g/mol. The molecule has 1 aromatic heterocycles. The van der Waals surface area contributed by atoms with Crippen LogP contribution >= 0.6 is 11.3 Å². The van der Waals surface area contributed by atoms with Gasteiger partial charge in [-0.2, -0.15) is 0 Å². The molecule has 0 aliphatic rings. The number of nitrogens with zero attached hydrogens (tertiary/aromatic N) is 1. The monoisotopic (exact) mass is 279 g/mol. The molecule has 102 valence electrons. The van der Waals surface area contributed by atoms with Crippen molar-refractivity contribution in [2.75, 3.05) is 18.5 Å². The number of thiophene rings is 1. The summed E-state index contributed by atoms with van der Waals surface area (Å²) < 4.78 is 13.3. The molecule has 2 nitrogen and oxygen atoms in total. The second-order valence-electron chi connectivity index (χ2n) is 4.63. The lowest BCUT2D eigenvalue weighted by molar-refractivity contribution is 0.199. The van der Waals surface area contributed by atoms with E-state index >= 15 is 0 Å². The number of rotatable bonds is 5. The van der Waals surface area contributed by atoms with Crippen LogP contribution in [-0.4, -0.2) is 18.7 Å². The minimum Gasteiger partial charge on any atom is -0.389 e. The average molecular weight is 279 g/mol. The van der Waals surface area contributed by atoms with E-state index in [4.69, 9.17) is 0 Å². The number of hydrogen-bond acceptors (Lipinski definition) is 3. The molecule has 0 amide bonds. The zero-order valence-electron chi connectivity index (χ0n) is 11.1. The molecule has 1 heterocycles. The molecule has 4 heteroatoms. The first kappa shape index (κ1) is 14.0. The number of hydrogen-bond donors (Lipinski definition) is 1. The largest absolute Gasteiger partial charge is 0.389 e. The van der Waals surface area contributed by atoms with Gasteiger partial charge in [0.1, 0.15) is 5.82 Å². The number of benzene rings is 1. The third kappa shape index (κ3) is 3.55. The fourth-order valence-corrected chi connectivity index (χ4v) is 2.76. The van der Waals surface area contributed by atoms with Crippen LogP contribution < -0.4 is 4.90 Å². The molecule has 2 rings (SSSR count). The topological polar surface area (TPSA) is 23.5 Å². The van der Waals surface area contributed by atoms with Crippen LogP contribution in [0.1, 0.15) is 23.5 Å². The van der Waals surface area contributed by atoms with Gasteiger partial charge < -0.3 is 10.0 Å².